The van der Waals surface area contributed by atoms with Crippen molar-refractivity contribution in [3.05, 3.63) is 10.1 Å². The number of hydrazine groups is 1. The van der Waals surface area contributed by atoms with E-state index in [2.05, 4.69) is 0 Å². The van der Waals surface area contributed by atoms with Gasteiger partial charge in [0.1, 0.15) is 31.0 Å². The molecule has 0 aromatic heterocycles. The molecular weight excluding hydrogens is 212 g/mol. The van der Waals surface area contributed by atoms with Crippen LogP contribution in [0.2, 0.25) is 0 Å². The standard InChI is InChI=1S/C6H14N2O7/c9-2-4(11)6(13)5(12)3(10)1-7-8(14)15/h3-7,9-13H,1-2H2/t3-,4+,5+,6+/m0/s1. The van der Waals surface area contributed by atoms with Crippen LogP contribution in [-0.2, 0) is 0 Å². The van der Waals surface area contributed by atoms with Crippen molar-refractivity contribution in [3.63, 3.8) is 0 Å². The molecule has 90 valence electrons. The molecular formula is C6H14N2O7. The Bertz CT molecular complexity index is 202. The second kappa shape index (κ2) is 6.48. The van der Waals surface area contributed by atoms with E-state index in [-0.39, 0.29) is 0 Å². The summed E-state index contributed by atoms with van der Waals surface area (Å²) >= 11 is 0. The first-order valence-electron chi connectivity index (χ1n) is 4.11. The van der Waals surface area contributed by atoms with Crippen LogP contribution in [0.25, 0.3) is 0 Å². The molecule has 15 heavy (non-hydrogen) atoms. The van der Waals surface area contributed by atoms with E-state index in [9.17, 15) is 10.1 Å². The normalized spacial score (nSPS) is 19.0. The van der Waals surface area contributed by atoms with Gasteiger partial charge in [0.05, 0.1) is 6.61 Å². The largest absolute Gasteiger partial charge is 0.394 e. The summed E-state index contributed by atoms with van der Waals surface area (Å²) in [6.45, 7) is -1.39. The lowest BCUT2D eigenvalue weighted by molar-refractivity contribution is -0.546. The molecule has 0 amide bonds. The summed E-state index contributed by atoms with van der Waals surface area (Å²) in [5.74, 6) is 0. The van der Waals surface area contributed by atoms with Gasteiger partial charge in [0.25, 0.3) is 0 Å². The van der Waals surface area contributed by atoms with Crippen molar-refractivity contribution in [1.82, 2.24) is 5.43 Å². The molecule has 9 nitrogen and oxygen atoms in total. The fourth-order valence-electron chi connectivity index (χ4n) is 0.852. The van der Waals surface area contributed by atoms with E-state index in [1.54, 1.807) is 5.43 Å². The Morgan fingerprint density at radius 2 is 1.60 bits per heavy atom. The fraction of sp³-hybridized carbons (Fsp3) is 1.00. The molecule has 9 heteroatoms. The zero-order valence-electron chi connectivity index (χ0n) is 7.72. The second-order valence-corrected chi connectivity index (χ2v) is 2.92. The summed E-state index contributed by atoms with van der Waals surface area (Å²) in [5.41, 5.74) is 1.59. The molecule has 0 saturated heterocycles. The Kier molecular flexibility index (Phi) is 6.05. The molecule has 4 atom stereocenters. The summed E-state index contributed by atoms with van der Waals surface area (Å²) in [4.78, 5) is 9.84. The minimum Gasteiger partial charge on any atom is -0.394 e. The molecule has 0 saturated carbocycles. The van der Waals surface area contributed by atoms with Crippen LogP contribution in [0, 0.1) is 10.1 Å². The Labute approximate surface area is 84.7 Å². The molecule has 0 heterocycles. The van der Waals surface area contributed by atoms with Crippen LogP contribution in [0.4, 0.5) is 0 Å². The number of aliphatic hydroxyl groups is 5. The number of aliphatic hydroxyl groups excluding tert-OH is 5. The van der Waals surface area contributed by atoms with Crippen LogP contribution in [0.5, 0.6) is 0 Å². The van der Waals surface area contributed by atoms with Gasteiger partial charge in [-0.1, -0.05) is 0 Å². The third kappa shape index (κ3) is 4.85. The Morgan fingerprint density at radius 1 is 1.13 bits per heavy atom. The van der Waals surface area contributed by atoms with Crippen LogP contribution in [-0.4, -0.2) is 68.1 Å². The molecule has 0 unspecified atom stereocenters. The molecule has 0 aromatic rings. The van der Waals surface area contributed by atoms with Crippen molar-refractivity contribution in [2.75, 3.05) is 13.2 Å². The van der Waals surface area contributed by atoms with Crippen LogP contribution in [0.1, 0.15) is 0 Å². The fourth-order valence-corrected chi connectivity index (χ4v) is 0.852. The molecule has 0 aliphatic heterocycles. The summed E-state index contributed by atoms with van der Waals surface area (Å²) in [6, 6.07) is 0. The highest BCUT2D eigenvalue weighted by Gasteiger charge is 2.30. The Hall–Kier alpha value is -1.00. The van der Waals surface area contributed by atoms with Gasteiger partial charge in [-0.3, -0.25) is 0 Å². The zero-order valence-corrected chi connectivity index (χ0v) is 7.72. The van der Waals surface area contributed by atoms with Gasteiger partial charge < -0.3 is 25.5 Å². The van der Waals surface area contributed by atoms with E-state index in [0.29, 0.717) is 0 Å². The number of nitrogens with one attached hydrogen (secondary N) is 1. The lowest BCUT2D eigenvalue weighted by atomic mass is 10.0. The van der Waals surface area contributed by atoms with Gasteiger partial charge in [-0.05, 0) is 0 Å². The number of rotatable bonds is 7. The van der Waals surface area contributed by atoms with Crippen molar-refractivity contribution < 1.29 is 30.6 Å². The van der Waals surface area contributed by atoms with Crippen molar-refractivity contribution in [3.8, 4) is 0 Å². The number of nitrogens with zero attached hydrogens (tertiary/aromatic N) is 1. The number of hydrogen-bond acceptors (Lipinski definition) is 7. The second-order valence-electron chi connectivity index (χ2n) is 2.92. The predicted molar refractivity (Wildman–Crippen MR) is 46.1 cm³/mol. The van der Waals surface area contributed by atoms with E-state index >= 15 is 0 Å². The predicted octanol–water partition coefficient (Wildman–Crippen LogP) is -3.80. The smallest absolute Gasteiger partial charge is 0.157 e. The van der Waals surface area contributed by atoms with E-state index in [1.807, 2.05) is 0 Å². The van der Waals surface area contributed by atoms with E-state index in [1.165, 1.54) is 0 Å². The van der Waals surface area contributed by atoms with Gasteiger partial charge in [-0.25, -0.2) is 10.1 Å². The molecule has 0 rings (SSSR count). The van der Waals surface area contributed by atoms with Gasteiger partial charge in [-0.15, -0.1) is 5.43 Å². The quantitative estimate of drug-likeness (QED) is 0.190. The minimum atomic E-state index is -1.79. The Morgan fingerprint density at radius 3 is 2.00 bits per heavy atom. The highest BCUT2D eigenvalue weighted by atomic mass is 16.7. The molecule has 0 radical (unpaired) electrons. The number of nitro groups is 1. The highest BCUT2D eigenvalue weighted by Crippen LogP contribution is 2.04. The average Bonchev–Trinajstić information content (AvgIpc) is 2.22. The summed E-state index contributed by atoms with van der Waals surface area (Å²) in [6.07, 6.45) is -6.82. The van der Waals surface area contributed by atoms with Gasteiger partial charge in [0.2, 0.25) is 0 Å². The highest BCUT2D eigenvalue weighted by molar-refractivity contribution is 4.80. The third-order valence-corrected chi connectivity index (χ3v) is 1.75. The van der Waals surface area contributed by atoms with Crippen LogP contribution < -0.4 is 5.43 Å². The third-order valence-electron chi connectivity index (χ3n) is 1.75. The van der Waals surface area contributed by atoms with E-state index in [0.717, 1.165) is 0 Å². The molecule has 0 aliphatic carbocycles. The van der Waals surface area contributed by atoms with Gasteiger partial charge >= 0.3 is 0 Å². The first-order chi connectivity index (χ1) is 6.90. The molecule has 0 aromatic carbocycles. The van der Waals surface area contributed by atoms with Crippen molar-refractivity contribution in [2.24, 2.45) is 0 Å². The topological polar surface area (TPSA) is 156 Å². The van der Waals surface area contributed by atoms with Gasteiger partial charge in [0, 0.05) is 0 Å². The zero-order chi connectivity index (χ0) is 12.0. The molecule has 0 fully saturated rings. The van der Waals surface area contributed by atoms with Gasteiger partial charge in [-0.2, -0.15) is 0 Å². The van der Waals surface area contributed by atoms with Crippen LogP contribution in [0.3, 0.4) is 0 Å². The summed E-state index contributed by atoms with van der Waals surface area (Å²) in [7, 11) is 0. The number of hydrogen-bond donors (Lipinski definition) is 6. The summed E-state index contributed by atoms with van der Waals surface area (Å²) in [5, 5.41) is 53.6. The minimum absolute atomic E-state index is 0.594. The lowest BCUT2D eigenvalue weighted by Crippen LogP contribution is -2.49. The van der Waals surface area contributed by atoms with Gasteiger partial charge in [0.15, 0.2) is 5.03 Å². The van der Waals surface area contributed by atoms with Crippen LogP contribution in [0.15, 0.2) is 0 Å². The molecule has 0 aliphatic rings. The maximum Gasteiger partial charge on any atom is 0.157 e. The van der Waals surface area contributed by atoms with Crippen molar-refractivity contribution in [2.45, 2.75) is 24.4 Å². The maximum absolute atomic E-state index is 9.84. The SMILES string of the molecule is O=[N+]([O-])NC[C@H](O)[C@@H](O)[C@H](O)[C@H](O)CO. The first-order valence-corrected chi connectivity index (χ1v) is 4.11. The maximum atomic E-state index is 9.84. The Balaban J connectivity index is 4.06. The lowest BCUT2D eigenvalue weighted by Gasteiger charge is -2.24. The monoisotopic (exact) mass is 226 g/mol. The molecule has 0 spiro atoms. The van der Waals surface area contributed by atoms with Crippen molar-refractivity contribution >= 4 is 0 Å². The van der Waals surface area contributed by atoms with E-state index < -0.39 is 42.6 Å². The summed E-state index contributed by atoms with van der Waals surface area (Å²) < 4.78 is 0. The van der Waals surface area contributed by atoms with Crippen molar-refractivity contribution in [1.29, 1.82) is 0 Å². The average molecular weight is 226 g/mol. The van der Waals surface area contributed by atoms with E-state index in [4.69, 9.17) is 25.5 Å². The first kappa shape index (κ1) is 14.0. The van der Waals surface area contributed by atoms with Crippen LogP contribution >= 0.6 is 0 Å². The molecule has 6 N–H and O–H groups in total. The molecule has 0 bridgehead atoms.